The summed E-state index contributed by atoms with van der Waals surface area (Å²) in [6.07, 6.45) is 2.39. The van der Waals surface area contributed by atoms with Crippen molar-refractivity contribution in [1.29, 1.82) is 10.5 Å². The lowest BCUT2D eigenvalue weighted by Crippen LogP contribution is -2.42. The normalized spacial score (nSPS) is 14.9. The molecular formula is C29H30ClN3OS. The Morgan fingerprint density at radius 2 is 1.66 bits per heavy atom. The van der Waals surface area contributed by atoms with E-state index in [0.717, 1.165) is 28.0 Å². The molecule has 180 valence electrons. The number of rotatable bonds is 9. The van der Waals surface area contributed by atoms with Gasteiger partial charge in [-0.2, -0.15) is 10.5 Å². The third-order valence-electron chi connectivity index (χ3n) is 6.38. The first-order chi connectivity index (χ1) is 16.6. The molecule has 0 aliphatic heterocycles. The summed E-state index contributed by atoms with van der Waals surface area (Å²) in [5, 5.41) is 23.9. The molecule has 4 atom stereocenters. The molecule has 0 spiro atoms. The van der Waals surface area contributed by atoms with Gasteiger partial charge < -0.3 is 9.87 Å². The van der Waals surface area contributed by atoms with Crippen molar-refractivity contribution in [2.75, 3.05) is 6.26 Å². The average Bonchev–Trinajstić information content (AvgIpc) is 2.86. The van der Waals surface area contributed by atoms with Gasteiger partial charge in [0.2, 0.25) is 0 Å². The van der Waals surface area contributed by atoms with E-state index in [0.29, 0.717) is 10.6 Å². The summed E-state index contributed by atoms with van der Waals surface area (Å²) in [4.78, 5) is 0.732. The van der Waals surface area contributed by atoms with Crippen LogP contribution in [0.15, 0.2) is 77.7 Å². The Hall–Kier alpha value is -2.80. The Balaban J connectivity index is 2.01. The summed E-state index contributed by atoms with van der Waals surface area (Å²) in [6, 6.07) is 27.5. The highest BCUT2D eigenvalue weighted by molar-refractivity contribution is 7.90. The maximum absolute atomic E-state index is 12.1. The van der Waals surface area contributed by atoms with Gasteiger partial charge in [0.05, 0.1) is 29.2 Å². The smallest absolute Gasteiger partial charge is 0.152 e. The zero-order valence-corrected chi connectivity index (χ0v) is 22.0. The molecule has 0 aliphatic carbocycles. The predicted molar refractivity (Wildman–Crippen MR) is 143 cm³/mol. The summed E-state index contributed by atoms with van der Waals surface area (Å²) < 4.78 is 12.1. The molecule has 0 aromatic heterocycles. The average molecular weight is 504 g/mol. The van der Waals surface area contributed by atoms with E-state index in [9.17, 15) is 15.1 Å². The minimum atomic E-state index is -1.12. The molecular weight excluding hydrogens is 474 g/mol. The maximum atomic E-state index is 12.1. The van der Waals surface area contributed by atoms with Gasteiger partial charge in [0.25, 0.3) is 0 Å². The van der Waals surface area contributed by atoms with Crippen LogP contribution in [0.1, 0.15) is 55.0 Å². The molecule has 0 amide bonds. The lowest BCUT2D eigenvalue weighted by Gasteiger charge is -2.36. The summed E-state index contributed by atoms with van der Waals surface area (Å²) in [7, 11) is 0. The van der Waals surface area contributed by atoms with Crippen molar-refractivity contribution in [3.8, 4) is 12.1 Å². The van der Waals surface area contributed by atoms with Crippen molar-refractivity contribution >= 4 is 22.8 Å². The summed E-state index contributed by atoms with van der Waals surface area (Å²) in [6.45, 7) is 5.94. The third kappa shape index (κ3) is 6.88. The first-order valence-corrected chi connectivity index (χ1v) is 13.4. The molecule has 3 rings (SSSR count). The molecule has 0 saturated carbocycles. The molecule has 3 aromatic rings. The zero-order valence-electron chi connectivity index (χ0n) is 20.5. The van der Waals surface area contributed by atoms with E-state index >= 15 is 0 Å². The van der Waals surface area contributed by atoms with Crippen LogP contribution in [0.4, 0.5) is 0 Å². The van der Waals surface area contributed by atoms with Crippen molar-refractivity contribution in [2.45, 2.75) is 50.1 Å². The first-order valence-electron chi connectivity index (χ1n) is 11.5. The molecule has 1 N–H and O–H groups in total. The van der Waals surface area contributed by atoms with E-state index in [2.05, 4.69) is 24.4 Å². The van der Waals surface area contributed by atoms with Crippen LogP contribution in [0, 0.1) is 28.1 Å². The lowest BCUT2D eigenvalue weighted by atomic mass is 9.79. The fourth-order valence-corrected chi connectivity index (χ4v) is 5.03. The van der Waals surface area contributed by atoms with Crippen molar-refractivity contribution in [2.24, 2.45) is 5.41 Å². The second kappa shape index (κ2) is 11.8. The topological polar surface area (TPSA) is 82.7 Å². The van der Waals surface area contributed by atoms with Gasteiger partial charge in [0.1, 0.15) is 6.26 Å². The van der Waals surface area contributed by atoms with E-state index in [1.165, 1.54) is 0 Å². The van der Waals surface area contributed by atoms with E-state index in [1.54, 1.807) is 12.3 Å². The molecule has 0 saturated heterocycles. The molecule has 0 radical (unpaired) electrons. The van der Waals surface area contributed by atoms with Gasteiger partial charge in [0, 0.05) is 17.0 Å². The van der Waals surface area contributed by atoms with Crippen LogP contribution in [-0.2, 0) is 17.6 Å². The second-order valence-corrected chi connectivity index (χ2v) is 11.2. The Morgan fingerprint density at radius 3 is 2.29 bits per heavy atom. The van der Waals surface area contributed by atoms with Crippen LogP contribution >= 0.6 is 11.6 Å². The fourth-order valence-electron chi connectivity index (χ4n) is 4.33. The van der Waals surface area contributed by atoms with Gasteiger partial charge in [-0.15, -0.1) is 0 Å². The summed E-state index contributed by atoms with van der Waals surface area (Å²) in [5.74, 6) is 0.0324. The maximum Gasteiger partial charge on any atom is 0.152 e. The number of nitrogens with zero attached hydrogens (tertiary/aromatic N) is 2. The fraction of sp³-hybridized carbons (Fsp3) is 0.310. The highest BCUT2D eigenvalue weighted by Crippen LogP contribution is 2.36. The monoisotopic (exact) mass is 503 g/mol. The van der Waals surface area contributed by atoms with Crippen molar-refractivity contribution in [3.63, 3.8) is 0 Å². The van der Waals surface area contributed by atoms with Crippen LogP contribution in [0.2, 0.25) is 5.02 Å². The van der Waals surface area contributed by atoms with E-state index < -0.39 is 16.6 Å². The van der Waals surface area contributed by atoms with Gasteiger partial charge in [0.15, 0.2) is 4.90 Å². The van der Waals surface area contributed by atoms with Crippen LogP contribution in [0.5, 0.6) is 0 Å². The summed E-state index contributed by atoms with van der Waals surface area (Å²) >= 11 is 4.98. The summed E-state index contributed by atoms with van der Waals surface area (Å²) in [5.41, 5.74) is 3.00. The number of nitriles is 2. The van der Waals surface area contributed by atoms with Gasteiger partial charge in [-0.1, -0.05) is 48.0 Å². The quantitative estimate of drug-likeness (QED) is 0.336. The lowest BCUT2D eigenvalue weighted by molar-refractivity contribution is 0.280. The zero-order chi connectivity index (χ0) is 25.6. The number of hydrogen-bond acceptors (Lipinski definition) is 4. The van der Waals surface area contributed by atoms with Crippen molar-refractivity contribution < 1.29 is 4.55 Å². The molecule has 0 bridgehead atoms. The highest BCUT2D eigenvalue weighted by Gasteiger charge is 2.34. The van der Waals surface area contributed by atoms with Gasteiger partial charge in [-0.3, -0.25) is 0 Å². The number of hydrogen-bond donors (Lipinski definition) is 1. The van der Waals surface area contributed by atoms with Crippen molar-refractivity contribution in [3.05, 3.63) is 100 Å². The number of benzene rings is 3. The van der Waals surface area contributed by atoms with E-state index in [-0.39, 0.29) is 18.0 Å². The molecule has 0 heterocycles. The predicted octanol–water partition coefficient (Wildman–Crippen LogP) is 6.54. The SMILES string of the molecule is CC(NC(c1cccc([S+](C)[O-])c1)C(C)(C)C#N)C(Cc1ccc(Cl)cc1)c1cccc(C#N)c1. The van der Waals surface area contributed by atoms with Gasteiger partial charge >= 0.3 is 0 Å². The van der Waals surface area contributed by atoms with Gasteiger partial charge in [-0.05, 0) is 91.5 Å². The molecule has 6 heteroatoms. The van der Waals surface area contributed by atoms with Crippen molar-refractivity contribution in [1.82, 2.24) is 5.32 Å². The second-order valence-electron chi connectivity index (χ2n) is 9.42. The molecule has 35 heavy (non-hydrogen) atoms. The number of halogens is 1. The van der Waals surface area contributed by atoms with E-state index in [1.807, 2.05) is 80.6 Å². The highest BCUT2D eigenvalue weighted by atomic mass is 35.5. The minimum absolute atomic E-state index is 0.0324. The molecule has 4 nitrogen and oxygen atoms in total. The van der Waals surface area contributed by atoms with Crippen LogP contribution in [0.3, 0.4) is 0 Å². The largest absolute Gasteiger partial charge is 0.612 e. The minimum Gasteiger partial charge on any atom is -0.612 e. The molecule has 0 aliphatic rings. The Morgan fingerprint density at radius 1 is 1.00 bits per heavy atom. The Bertz CT molecular complexity index is 1230. The molecule has 4 unspecified atom stereocenters. The van der Waals surface area contributed by atoms with E-state index in [4.69, 9.17) is 11.6 Å². The third-order valence-corrected chi connectivity index (χ3v) is 7.55. The van der Waals surface area contributed by atoms with Crippen LogP contribution in [0.25, 0.3) is 0 Å². The van der Waals surface area contributed by atoms with Gasteiger partial charge in [-0.25, -0.2) is 0 Å². The number of nitrogens with one attached hydrogen (secondary N) is 1. The molecule has 3 aromatic carbocycles. The Kier molecular flexibility index (Phi) is 9.00. The Labute approximate surface area is 216 Å². The first kappa shape index (κ1) is 26.8. The standard InChI is InChI=1S/C29H30ClN3OS/c1-20(33-28(29(2,3)19-32)24-9-6-10-26(17-24)35(4)34)27(16-21-11-13-25(30)14-12-21)23-8-5-7-22(15-23)18-31/h5-15,17,20,27-28,33H,16H2,1-4H3. The molecule has 0 fully saturated rings. The van der Waals surface area contributed by atoms with Crippen LogP contribution < -0.4 is 5.32 Å². The van der Waals surface area contributed by atoms with Crippen LogP contribution in [-0.4, -0.2) is 16.9 Å².